The fraction of sp³-hybridized carbons (Fsp3) is 0.316. The van der Waals surface area contributed by atoms with Crippen LogP contribution in [0.25, 0.3) is 0 Å². The van der Waals surface area contributed by atoms with E-state index in [2.05, 4.69) is 20.9 Å². The van der Waals surface area contributed by atoms with Crippen molar-refractivity contribution < 1.29 is 18.4 Å². The Morgan fingerprint density at radius 3 is 2.78 bits per heavy atom. The Hall–Kier alpha value is -2.87. The molecule has 1 aromatic heterocycles. The van der Waals surface area contributed by atoms with E-state index in [1.807, 2.05) is 0 Å². The number of hydrogen-bond acceptors (Lipinski definition) is 4. The first-order valence-corrected chi connectivity index (χ1v) is 8.69. The van der Waals surface area contributed by atoms with Gasteiger partial charge in [0.15, 0.2) is 11.6 Å². The van der Waals surface area contributed by atoms with E-state index in [0.29, 0.717) is 25.1 Å². The van der Waals surface area contributed by atoms with Gasteiger partial charge in [-0.15, -0.1) is 0 Å². The summed E-state index contributed by atoms with van der Waals surface area (Å²) in [6.07, 6.45) is 2.17. The van der Waals surface area contributed by atoms with Crippen molar-refractivity contribution in [1.29, 1.82) is 0 Å². The normalized spacial score (nSPS) is 19.3. The molecule has 0 spiro atoms. The second-order valence-electron chi connectivity index (χ2n) is 6.34. The van der Waals surface area contributed by atoms with Crippen LogP contribution in [-0.2, 0) is 4.79 Å². The summed E-state index contributed by atoms with van der Waals surface area (Å²) in [4.78, 5) is 28.1. The molecule has 1 saturated heterocycles. The monoisotopic (exact) mass is 374 g/mol. The number of rotatable bonds is 5. The highest BCUT2D eigenvalue weighted by molar-refractivity contribution is 5.94. The van der Waals surface area contributed by atoms with Crippen molar-refractivity contribution in [2.24, 2.45) is 0 Å². The Balaban J connectivity index is 1.59. The molecule has 2 heterocycles. The Labute approximate surface area is 155 Å². The minimum Gasteiger partial charge on any atom is -0.350 e. The van der Waals surface area contributed by atoms with Crippen LogP contribution in [0.3, 0.4) is 0 Å². The number of nitrogens with one attached hydrogen (secondary N) is 3. The number of piperidine rings is 1. The molecule has 2 amide bonds. The first-order chi connectivity index (χ1) is 13.0. The van der Waals surface area contributed by atoms with Crippen molar-refractivity contribution >= 4 is 11.8 Å². The fourth-order valence-electron chi connectivity index (χ4n) is 3.16. The zero-order chi connectivity index (χ0) is 19.2. The molecular weight excluding hydrogens is 354 g/mol. The SMILES string of the molecule is O=C(CNC(=O)c1ccccn1)NC1CNCCC1c1ccc(F)c(F)c1. The number of pyridine rings is 1. The number of halogens is 2. The Bertz CT molecular complexity index is 817. The van der Waals surface area contributed by atoms with E-state index in [1.54, 1.807) is 18.2 Å². The van der Waals surface area contributed by atoms with Gasteiger partial charge in [0, 0.05) is 24.7 Å². The molecule has 27 heavy (non-hydrogen) atoms. The molecule has 8 heteroatoms. The van der Waals surface area contributed by atoms with Crippen molar-refractivity contribution in [2.45, 2.75) is 18.4 Å². The van der Waals surface area contributed by atoms with Gasteiger partial charge in [0.25, 0.3) is 5.91 Å². The van der Waals surface area contributed by atoms with E-state index in [4.69, 9.17) is 0 Å². The van der Waals surface area contributed by atoms with Crippen LogP contribution in [0.1, 0.15) is 28.4 Å². The smallest absolute Gasteiger partial charge is 0.270 e. The zero-order valence-electron chi connectivity index (χ0n) is 14.5. The Kier molecular flexibility index (Phi) is 6.08. The molecule has 3 rings (SSSR count). The van der Waals surface area contributed by atoms with Gasteiger partial charge in [0.1, 0.15) is 5.69 Å². The molecule has 2 aromatic rings. The van der Waals surface area contributed by atoms with E-state index in [9.17, 15) is 18.4 Å². The lowest BCUT2D eigenvalue weighted by Crippen LogP contribution is -2.52. The standard InChI is InChI=1S/C19H20F2N4O2/c20-14-5-4-12(9-15(14)21)13-6-8-22-10-17(13)25-18(26)11-24-19(27)16-3-1-2-7-23-16/h1-5,7,9,13,17,22H,6,8,10-11H2,(H,24,27)(H,25,26). The Morgan fingerprint density at radius 1 is 1.19 bits per heavy atom. The quantitative estimate of drug-likeness (QED) is 0.738. The summed E-state index contributed by atoms with van der Waals surface area (Å²) in [6, 6.07) is 8.45. The minimum atomic E-state index is -0.904. The van der Waals surface area contributed by atoms with Crippen LogP contribution >= 0.6 is 0 Å². The van der Waals surface area contributed by atoms with Crippen LogP contribution in [0.5, 0.6) is 0 Å². The zero-order valence-corrected chi connectivity index (χ0v) is 14.5. The van der Waals surface area contributed by atoms with Crippen LogP contribution in [0.2, 0.25) is 0 Å². The van der Waals surface area contributed by atoms with Crippen molar-refractivity contribution in [1.82, 2.24) is 20.9 Å². The number of benzene rings is 1. The van der Waals surface area contributed by atoms with E-state index in [1.165, 1.54) is 18.3 Å². The molecule has 1 aliphatic heterocycles. The predicted octanol–water partition coefficient (Wildman–Crippen LogP) is 1.35. The summed E-state index contributed by atoms with van der Waals surface area (Å²) in [5, 5.41) is 8.55. The van der Waals surface area contributed by atoms with Crippen molar-refractivity contribution in [3.05, 3.63) is 65.5 Å². The van der Waals surface area contributed by atoms with Gasteiger partial charge in [-0.3, -0.25) is 14.6 Å². The minimum absolute atomic E-state index is 0.142. The van der Waals surface area contributed by atoms with Gasteiger partial charge in [-0.25, -0.2) is 8.78 Å². The van der Waals surface area contributed by atoms with Gasteiger partial charge in [0.2, 0.25) is 5.91 Å². The molecular formula is C19H20F2N4O2. The van der Waals surface area contributed by atoms with Gasteiger partial charge in [-0.1, -0.05) is 12.1 Å². The number of aromatic nitrogens is 1. The number of hydrogen-bond donors (Lipinski definition) is 3. The van der Waals surface area contributed by atoms with Crippen molar-refractivity contribution in [3.8, 4) is 0 Å². The number of amides is 2. The summed E-state index contributed by atoms with van der Waals surface area (Å²) in [7, 11) is 0. The summed E-state index contributed by atoms with van der Waals surface area (Å²) < 4.78 is 26.8. The third kappa shape index (κ3) is 4.85. The van der Waals surface area contributed by atoms with Crippen LogP contribution in [0.15, 0.2) is 42.6 Å². The topological polar surface area (TPSA) is 83.1 Å². The number of nitrogens with zero attached hydrogens (tertiary/aromatic N) is 1. The highest BCUT2D eigenvalue weighted by Gasteiger charge is 2.28. The molecule has 3 N–H and O–H groups in total. The van der Waals surface area contributed by atoms with Crippen LogP contribution < -0.4 is 16.0 Å². The van der Waals surface area contributed by atoms with Crippen molar-refractivity contribution in [2.75, 3.05) is 19.6 Å². The molecule has 6 nitrogen and oxygen atoms in total. The highest BCUT2D eigenvalue weighted by atomic mass is 19.2. The second kappa shape index (κ2) is 8.68. The van der Waals surface area contributed by atoms with Gasteiger partial charge >= 0.3 is 0 Å². The second-order valence-corrected chi connectivity index (χ2v) is 6.34. The maximum Gasteiger partial charge on any atom is 0.270 e. The van der Waals surface area contributed by atoms with Gasteiger partial charge in [0.05, 0.1) is 6.54 Å². The molecule has 0 aliphatic carbocycles. The first kappa shape index (κ1) is 18.9. The van der Waals surface area contributed by atoms with Crippen molar-refractivity contribution in [3.63, 3.8) is 0 Å². The predicted molar refractivity (Wildman–Crippen MR) is 95.1 cm³/mol. The van der Waals surface area contributed by atoms with Gasteiger partial charge < -0.3 is 16.0 Å². The number of carbonyl (C=O) groups is 2. The van der Waals surface area contributed by atoms with E-state index >= 15 is 0 Å². The molecule has 0 bridgehead atoms. The molecule has 142 valence electrons. The third-order valence-corrected chi connectivity index (χ3v) is 4.51. The van der Waals surface area contributed by atoms with E-state index < -0.39 is 17.5 Å². The van der Waals surface area contributed by atoms with E-state index in [-0.39, 0.29) is 30.1 Å². The average Bonchev–Trinajstić information content (AvgIpc) is 2.69. The lowest BCUT2D eigenvalue weighted by Gasteiger charge is -2.33. The third-order valence-electron chi connectivity index (χ3n) is 4.51. The molecule has 2 atom stereocenters. The lowest BCUT2D eigenvalue weighted by atomic mass is 9.86. The molecule has 0 saturated carbocycles. The maximum atomic E-state index is 13.6. The van der Waals surface area contributed by atoms with Crippen LogP contribution in [0.4, 0.5) is 8.78 Å². The summed E-state index contributed by atoms with van der Waals surface area (Å²) in [5.41, 5.74) is 0.863. The molecule has 2 unspecified atom stereocenters. The molecule has 1 fully saturated rings. The first-order valence-electron chi connectivity index (χ1n) is 8.69. The van der Waals surface area contributed by atoms with Crippen LogP contribution in [0, 0.1) is 11.6 Å². The molecule has 0 radical (unpaired) electrons. The summed E-state index contributed by atoms with van der Waals surface area (Å²) in [5.74, 6) is -2.74. The molecule has 1 aromatic carbocycles. The fourth-order valence-corrected chi connectivity index (χ4v) is 3.16. The summed E-state index contributed by atoms with van der Waals surface area (Å²) in [6.45, 7) is 1.02. The average molecular weight is 374 g/mol. The molecule has 1 aliphatic rings. The Morgan fingerprint density at radius 2 is 2.04 bits per heavy atom. The highest BCUT2D eigenvalue weighted by Crippen LogP contribution is 2.26. The van der Waals surface area contributed by atoms with E-state index in [0.717, 1.165) is 6.07 Å². The largest absolute Gasteiger partial charge is 0.350 e. The summed E-state index contributed by atoms with van der Waals surface area (Å²) >= 11 is 0. The van der Waals surface area contributed by atoms with Crippen LogP contribution in [-0.4, -0.2) is 42.5 Å². The maximum absolute atomic E-state index is 13.6. The van der Waals surface area contributed by atoms with Gasteiger partial charge in [-0.2, -0.15) is 0 Å². The number of carbonyl (C=O) groups excluding carboxylic acids is 2. The van der Waals surface area contributed by atoms with Gasteiger partial charge in [-0.05, 0) is 42.8 Å². The lowest BCUT2D eigenvalue weighted by molar-refractivity contribution is -0.121.